The van der Waals surface area contributed by atoms with Crippen molar-refractivity contribution in [1.82, 2.24) is 9.38 Å². The number of nitrogens with two attached hydrogens (primary N) is 1. The molecule has 0 saturated carbocycles. The molecule has 2 N–H and O–H groups in total. The van der Waals surface area contributed by atoms with Gasteiger partial charge in [0.25, 0.3) is 0 Å². The second kappa shape index (κ2) is 6.24. The highest BCUT2D eigenvalue weighted by Crippen LogP contribution is 2.22. The minimum atomic E-state index is 0.389. The van der Waals surface area contributed by atoms with Crippen LogP contribution in [0.4, 0.5) is 5.82 Å². The van der Waals surface area contributed by atoms with E-state index in [9.17, 15) is 0 Å². The molecule has 1 fully saturated rings. The average Bonchev–Trinajstić information content (AvgIpc) is 2.97. The van der Waals surface area contributed by atoms with Gasteiger partial charge in [-0.25, -0.2) is 4.98 Å². The summed E-state index contributed by atoms with van der Waals surface area (Å²) in [6, 6.07) is 6.26. The van der Waals surface area contributed by atoms with Gasteiger partial charge in [-0.05, 0) is 37.9 Å². The Hall–Kier alpha value is -1.59. The molecule has 0 aromatic carbocycles. The zero-order valence-corrected chi connectivity index (χ0v) is 11.7. The van der Waals surface area contributed by atoms with E-state index in [1.165, 1.54) is 5.82 Å². The zero-order valence-electron chi connectivity index (χ0n) is 11.7. The third-order valence-corrected chi connectivity index (χ3v) is 3.87. The largest absolute Gasteiger partial charge is 0.378 e. The fourth-order valence-electron chi connectivity index (χ4n) is 2.78. The first-order valence-corrected chi connectivity index (χ1v) is 7.37. The van der Waals surface area contributed by atoms with Crippen molar-refractivity contribution in [2.24, 2.45) is 5.73 Å². The number of hydrogen-bond acceptors (Lipinski definition) is 4. The lowest BCUT2D eigenvalue weighted by molar-refractivity contribution is 0.0365. The van der Waals surface area contributed by atoms with Gasteiger partial charge >= 0.3 is 0 Å². The van der Waals surface area contributed by atoms with E-state index in [2.05, 4.69) is 26.4 Å². The molecule has 20 heavy (non-hydrogen) atoms. The quantitative estimate of drug-likeness (QED) is 0.843. The molecule has 0 radical (unpaired) electrons. The van der Waals surface area contributed by atoms with Crippen molar-refractivity contribution in [2.45, 2.75) is 25.4 Å². The Labute approximate surface area is 119 Å². The van der Waals surface area contributed by atoms with Gasteiger partial charge in [0.05, 0.1) is 6.10 Å². The van der Waals surface area contributed by atoms with Crippen LogP contribution in [0.25, 0.3) is 5.65 Å². The molecule has 0 atom stereocenters. The maximum absolute atomic E-state index is 5.85. The molecule has 5 heteroatoms. The van der Waals surface area contributed by atoms with Crippen LogP contribution in [-0.2, 0) is 4.74 Å². The predicted octanol–water partition coefficient (Wildman–Crippen LogP) is 1.67. The van der Waals surface area contributed by atoms with Gasteiger partial charge in [-0.15, -0.1) is 0 Å². The lowest BCUT2D eigenvalue weighted by atomic mass is 10.1. The summed E-state index contributed by atoms with van der Waals surface area (Å²) in [7, 11) is 0. The average molecular weight is 274 g/mol. The van der Waals surface area contributed by atoms with Crippen LogP contribution in [-0.4, -0.2) is 41.7 Å². The Kier molecular flexibility index (Phi) is 4.18. The number of aromatic nitrogens is 2. The summed E-state index contributed by atoms with van der Waals surface area (Å²) in [6.07, 6.45) is 7.37. The van der Waals surface area contributed by atoms with E-state index in [0.717, 1.165) is 44.6 Å². The summed E-state index contributed by atoms with van der Waals surface area (Å²) in [5.74, 6) is 1.22. The number of anilines is 1. The van der Waals surface area contributed by atoms with Gasteiger partial charge in [0, 0.05) is 32.1 Å². The molecule has 2 aromatic heterocycles. The molecule has 2 aromatic rings. The first kappa shape index (κ1) is 13.4. The van der Waals surface area contributed by atoms with Crippen molar-refractivity contribution in [1.29, 1.82) is 0 Å². The van der Waals surface area contributed by atoms with Crippen LogP contribution < -0.4 is 10.6 Å². The van der Waals surface area contributed by atoms with Crippen molar-refractivity contribution in [3.63, 3.8) is 0 Å². The highest BCUT2D eigenvalue weighted by atomic mass is 16.5. The van der Waals surface area contributed by atoms with Gasteiger partial charge in [0.2, 0.25) is 0 Å². The predicted molar refractivity (Wildman–Crippen MR) is 80.1 cm³/mol. The summed E-state index contributed by atoms with van der Waals surface area (Å²) in [5.41, 5.74) is 6.49. The molecule has 0 bridgehead atoms. The minimum absolute atomic E-state index is 0.389. The van der Waals surface area contributed by atoms with E-state index in [1.54, 1.807) is 0 Å². The first-order valence-electron chi connectivity index (χ1n) is 7.37. The summed E-state index contributed by atoms with van der Waals surface area (Å²) in [4.78, 5) is 6.75. The molecule has 0 unspecified atom stereocenters. The highest BCUT2D eigenvalue weighted by Gasteiger charge is 2.21. The van der Waals surface area contributed by atoms with Crippen LogP contribution in [0, 0.1) is 0 Å². The van der Waals surface area contributed by atoms with Crippen LogP contribution in [0.5, 0.6) is 0 Å². The Morgan fingerprint density at radius 2 is 2.15 bits per heavy atom. The van der Waals surface area contributed by atoms with Crippen molar-refractivity contribution in [3.05, 3.63) is 30.6 Å². The molecule has 108 valence electrons. The second-order valence-electron chi connectivity index (χ2n) is 5.24. The highest BCUT2D eigenvalue weighted by molar-refractivity contribution is 5.51. The Morgan fingerprint density at radius 1 is 1.30 bits per heavy atom. The molecular formula is C15H22N4O. The smallest absolute Gasteiger partial charge is 0.138 e. The molecule has 0 aliphatic carbocycles. The van der Waals surface area contributed by atoms with Crippen molar-refractivity contribution < 1.29 is 4.74 Å². The number of rotatable bonds is 5. The number of fused-ring (bicyclic) bond motifs is 1. The standard InChI is InChI=1S/C15H22N4O/c16-7-2-12-20-13-5-9-18(10-6-13)15-4-1-3-14-17-8-11-19(14)15/h1,3-4,8,11,13H,2,5-7,9-10,12,16H2. The molecule has 5 nitrogen and oxygen atoms in total. The normalized spacial score (nSPS) is 16.9. The first-order chi connectivity index (χ1) is 9.88. The Balaban J connectivity index is 1.62. The summed E-state index contributed by atoms with van der Waals surface area (Å²) in [5, 5.41) is 0. The number of imidazole rings is 1. The lowest BCUT2D eigenvalue weighted by Crippen LogP contribution is -2.38. The summed E-state index contributed by atoms with van der Waals surface area (Å²) < 4.78 is 8.00. The molecule has 1 aliphatic rings. The number of ether oxygens (including phenoxy) is 1. The summed E-state index contributed by atoms with van der Waals surface area (Å²) >= 11 is 0. The van der Waals surface area contributed by atoms with E-state index >= 15 is 0 Å². The fraction of sp³-hybridized carbons (Fsp3) is 0.533. The van der Waals surface area contributed by atoms with E-state index in [1.807, 2.05) is 18.5 Å². The van der Waals surface area contributed by atoms with Crippen LogP contribution >= 0.6 is 0 Å². The van der Waals surface area contributed by atoms with Gasteiger partial charge in [0.1, 0.15) is 11.5 Å². The van der Waals surface area contributed by atoms with Crippen LogP contribution in [0.1, 0.15) is 19.3 Å². The van der Waals surface area contributed by atoms with Gasteiger partial charge in [0.15, 0.2) is 0 Å². The van der Waals surface area contributed by atoms with Crippen LogP contribution in [0.15, 0.2) is 30.6 Å². The van der Waals surface area contributed by atoms with Gasteiger partial charge in [-0.2, -0.15) is 0 Å². The van der Waals surface area contributed by atoms with Crippen molar-refractivity contribution >= 4 is 11.5 Å². The van der Waals surface area contributed by atoms with Crippen molar-refractivity contribution in [3.8, 4) is 0 Å². The zero-order chi connectivity index (χ0) is 13.8. The molecule has 3 rings (SSSR count). The topological polar surface area (TPSA) is 55.8 Å². The van der Waals surface area contributed by atoms with Gasteiger partial charge < -0.3 is 15.4 Å². The molecule has 0 amide bonds. The van der Waals surface area contributed by atoms with E-state index in [-0.39, 0.29) is 0 Å². The van der Waals surface area contributed by atoms with E-state index < -0.39 is 0 Å². The Bertz CT molecular complexity index is 546. The summed E-state index contributed by atoms with van der Waals surface area (Å²) in [6.45, 7) is 3.56. The molecule has 1 saturated heterocycles. The van der Waals surface area contributed by atoms with Gasteiger partial charge in [-0.3, -0.25) is 4.40 Å². The maximum atomic E-state index is 5.85. The monoisotopic (exact) mass is 274 g/mol. The van der Waals surface area contributed by atoms with E-state index in [4.69, 9.17) is 10.5 Å². The van der Waals surface area contributed by atoms with Gasteiger partial charge in [-0.1, -0.05) is 6.07 Å². The SMILES string of the molecule is NCCCOC1CCN(c2cccc3nccn23)CC1. The third-order valence-electron chi connectivity index (χ3n) is 3.87. The van der Waals surface area contributed by atoms with Crippen LogP contribution in [0.3, 0.4) is 0 Å². The van der Waals surface area contributed by atoms with E-state index in [0.29, 0.717) is 12.6 Å². The number of pyridine rings is 1. The second-order valence-corrected chi connectivity index (χ2v) is 5.24. The third kappa shape index (κ3) is 2.78. The van der Waals surface area contributed by atoms with Crippen molar-refractivity contribution in [2.75, 3.05) is 31.1 Å². The number of hydrogen-bond donors (Lipinski definition) is 1. The Morgan fingerprint density at radius 3 is 2.95 bits per heavy atom. The maximum Gasteiger partial charge on any atom is 0.138 e. The number of piperidine rings is 1. The molecule has 1 aliphatic heterocycles. The minimum Gasteiger partial charge on any atom is -0.378 e. The molecular weight excluding hydrogens is 252 g/mol. The number of nitrogens with zero attached hydrogens (tertiary/aromatic N) is 3. The molecule has 0 spiro atoms. The molecule has 3 heterocycles. The lowest BCUT2D eigenvalue weighted by Gasteiger charge is -2.33. The van der Waals surface area contributed by atoms with Crippen LogP contribution in [0.2, 0.25) is 0 Å². The fourth-order valence-corrected chi connectivity index (χ4v) is 2.78.